The second kappa shape index (κ2) is 12.4. The van der Waals surface area contributed by atoms with Gasteiger partial charge in [-0.05, 0) is 111 Å². The molecule has 0 unspecified atom stereocenters. The number of benzene rings is 2. The number of halogens is 1. The van der Waals surface area contributed by atoms with Crippen molar-refractivity contribution in [2.45, 2.75) is 64.5 Å². The molecule has 1 aromatic heterocycles. The normalized spacial score (nSPS) is 18.2. The zero-order valence-electron chi connectivity index (χ0n) is 23.0. The Morgan fingerprint density at radius 2 is 1.75 bits per heavy atom. The van der Waals surface area contributed by atoms with Crippen molar-refractivity contribution in [3.05, 3.63) is 62.0 Å². The second-order valence-electron chi connectivity index (χ2n) is 11.4. The number of nitrogens with zero attached hydrogens (tertiary/aromatic N) is 1. The molecule has 11 heteroatoms. The number of ether oxygens (including phenoxy) is 1. The molecule has 1 atom stereocenters. The van der Waals surface area contributed by atoms with Crippen LogP contribution >= 0.6 is 22.6 Å². The van der Waals surface area contributed by atoms with Crippen molar-refractivity contribution >= 4 is 57.1 Å². The van der Waals surface area contributed by atoms with E-state index in [1.54, 1.807) is 18.2 Å². The summed E-state index contributed by atoms with van der Waals surface area (Å²) >= 11 is 2.21. The molecule has 0 aliphatic heterocycles. The van der Waals surface area contributed by atoms with Crippen LogP contribution < -0.4 is 21.5 Å². The van der Waals surface area contributed by atoms with E-state index in [4.69, 9.17) is 10.5 Å². The summed E-state index contributed by atoms with van der Waals surface area (Å²) in [5.41, 5.74) is 7.01. The third-order valence-electron chi connectivity index (χ3n) is 7.19. The topological polar surface area (TPSA) is 150 Å². The maximum absolute atomic E-state index is 14.1. The molecular weight excluding hydrogens is 625 g/mol. The minimum atomic E-state index is -0.915. The van der Waals surface area contributed by atoms with E-state index in [-0.39, 0.29) is 29.7 Å². The summed E-state index contributed by atoms with van der Waals surface area (Å²) in [5.74, 6) is -0.864. The summed E-state index contributed by atoms with van der Waals surface area (Å²) in [7, 11) is 0. The van der Waals surface area contributed by atoms with Crippen LogP contribution in [0.1, 0.15) is 52.0 Å². The number of nitrogens with two attached hydrogens (primary N) is 1. The van der Waals surface area contributed by atoms with Gasteiger partial charge >= 0.3 is 6.09 Å². The summed E-state index contributed by atoms with van der Waals surface area (Å²) in [6, 6.07) is 11.9. The number of H-pyrrole nitrogens is 2. The highest BCUT2D eigenvalue weighted by Crippen LogP contribution is 2.33. The van der Waals surface area contributed by atoms with Gasteiger partial charge in [-0.2, -0.15) is 0 Å². The van der Waals surface area contributed by atoms with Crippen LogP contribution in [0.5, 0.6) is 0 Å². The fourth-order valence-electron chi connectivity index (χ4n) is 5.15. The highest BCUT2D eigenvalue weighted by Gasteiger charge is 2.36. The van der Waals surface area contributed by atoms with Gasteiger partial charge in [-0.3, -0.25) is 29.5 Å². The van der Waals surface area contributed by atoms with Crippen molar-refractivity contribution in [3.63, 3.8) is 0 Å². The van der Waals surface area contributed by atoms with Gasteiger partial charge < -0.3 is 15.8 Å². The number of primary amides is 1. The predicted octanol–water partition coefficient (Wildman–Crippen LogP) is 4.22. The van der Waals surface area contributed by atoms with Gasteiger partial charge in [0, 0.05) is 28.1 Å². The number of aromatic amines is 2. The summed E-state index contributed by atoms with van der Waals surface area (Å²) in [6.45, 7) is 5.93. The molecule has 4 rings (SSSR count). The summed E-state index contributed by atoms with van der Waals surface area (Å²) in [5, 5.41) is 8.68. The van der Waals surface area contributed by atoms with Crippen LogP contribution in [0.25, 0.3) is 10.9 Å². The van der Waals surface area contributed by atoms with E-state index >= 15 is 0 Å². The van der Waals surface area contributed by atoms with Gasteiger partial charge in [-0.1, -0.05) is 12.1 Å². The quantitative estimate of drug-likeness (QED) is 0.267. The van der Waals surface area contributed by atoms with E-state index < -0.39 is 23.6 Å². The number of hydrogen-bond acceptors (Lipinski definition) is 5. The third kappa shape index (κ3) is 7.43. The number of rotatable bonds is 8. The number of carbonyl (C=O) groups excluding carboxylic acids is 3. The fraction of sp³-hybridized carbons (Fsp3) is 0.448. The predicted molar refractivity (Wildman–Crippen MR) is 162 cm³/mol. The van der Waals surface area contributed by atoms with Gasteiger partial charge in [0.15, 0.2) is 0 Å². The van der Waals surface area contributed by atoms with Crippen LogP contribution in [-0.4, -0.2) is 46.3 Å². The lowest BCUT2D eigenvalue weighted by atomic mass is 9.81. The van der Waals surface area contributed by atoms with Crippen molar-refractivity contribution in [1.82, 2.24) is 15.5 Å². The molecular formula is C29H36IN5O5. The third-order valence-corrected chi connectivity index (χ3v) is 7.91. The number of carbonyl (C=O) groups is 3. The summed E-state index contributed by atoms with van der Waals surface area (Å²) < 4.78 is 6.39. The minimum Gasteiger partial charge on any atom is -0.444 e. The van der Waals surface area contributed by atoms with E-state index in [0.29, 0.717) is 36.0 Å². The van der Waals surface area contributed by atoms with Crippen molar-refractivity contribution in [3.8, 4) is 0 Å². The van der Waals surface area contributed by atoms with Gasteiger partial charge in [-0.25, -0.2) is 4.79 Å². The first kappa shape index (κ1) is 29.6. The monoisotopic (exact) mass is 661 g/mol. The van der Waals surface area contributed by atoms with E-state index in [1.807, 2.05) is 45.0 Å². The first-order valence-electron chi connectivity index (χ1n) is 13.5. The fourth-order valence-corrected chi connectivity index (χ4v) is 5.51. The molecule has 1 fully saturated rings. The average molecular weight is 662 g/mol. The molecule has 214 valence electrons. The smallest absolute Gasteiger partial charge is 0.407 e. The maximum Gasteiger partial charge on any atom is 0.407 e. The Morgan fingerprint density at radius 3 is 2.38 bits per heavy atom. The average Bonchev–Trinajstić information content (AvgIpc) is 3.27. The maximum atomic E-state index is 14.1. The van der Waals surface area contributed by atoms with Gasteiger partial charge in [0.1, 0.15) is 11.6 Å². The van der Waals surface area contributed by atoms with E-state index in [1.165, 1.54) is 4.90 Å². The molecule has 40 heavy (non-hydrogen) atoms. The Bertz CT molecular complexity index is 1420. The Balaban J connectivity index is 1.54. The molecule has 0 saturated heterocycles. The minimum absolute atomic E-state index is 0.176. The molecule has 0 bridgehead atoms. The van der Waals surface area contributed by atoms with E-state index in [9.17, 15) is 19.2 Å². The van der Waals surface area contributed by atoms with Crippen LogP contribution in [0.4, 0.5) is 10.5 Å². The van der Waals surface area contributed by atoms with Crippen molar-refractivity contribution in [2.75, 3.05) is 11.4 Å². The Labute approximate surface area is 246 Å². The molecule has 5 N–H and O–H groups in total. The van der Waals surface area contributed by atoms with Gasteiger partial charge in [0.05, 0.1) is 10.9 Å². The molecule has 3 aromatic rings. The molecule has 0 spiro atoms. The number of hydrogen-bond donors (Lipinski definition) is 4. The van der Waals surface area contributed by atoms with Gasteiger partial charge in [0.2, 0.25) is 11.8 Å². The Kier molecular flexibility index (Phi) is 9.22. The van der Waals surface area contributed by atoms with E-state index in [2.05, 4.69) is 38.1 Å². The van der Waals surface area contributed by atoms with Gasteiger partial charge in [0.25, 0.3) is 5.56 Å². The van der Waals surface area contributed by atoms with Crippen molar-refractivity contribution < 1.29 is 19.1 Å². The lowest BCUT2D eigenvalue weighted by Gasteiger charge is -2.35. The zero-order chi connectivity index (χ0) is 29.0. The SMILES string of the molecule is CC(C)(C)OC(=O)NCC1CCC(C(=O)N(c2ccc3c(=O)[nH][nH]c3c2)[C@@H](Cc2ccc(I)cc2)C(N)=O)CC1. The molecule has 1 aliphatic carbocycles. The van der Waals surface area contributed by atoms with Crippen molar-refractivity contribution in [1.29, 1.82) is 0 Å². The molecule has 3 amide bonds. The van der Waals surface area contributed by atoms with Crippen LogP contribution in [0, 0.1) is 15.4 Å². The molecule has 1 saturated carbocycles. The lowest BCUT2D eigenvalue weighted by molar-refractivity contribution is -0.127. The molecule has 2 aromatic carbocycles. The zero-order valence-corrected chi connectivity index (χ0v) is 25.1. The standard InChI is InChI=1S/C29H36IN5O5/c1-29(2,3)40-28(39)32-16-18-4-8-19(9-5-18)27(38)35(21-12-13-22-23(15-21)33-34-26(22)37)24(25(31)36)14-17-6-10-20(30)11-7-17/h6-7,10-13,15,18-19,24H,4-5,8-9,14,16H2,1-3H3,(H2,31,36)(H,32,39)(H2,33,34,37)/t18?,19?,24-/m0/s1. The van der Waals surface area contributed by atoms with E-state index in [0.717, 1.165) is 22.0 Å². The first-order valence-corrected chi connectivity index (χ1v) is 14.5. The number of anilines is 1. The molecule has 0 radical (unpaired) electrons. The molecule has 10 nitrogen and oxygen atoms in total. The summed E-state index contributed by atoms with van der Waals surface area (Å²) in [4.78, 5) is 52.6. The number of nitrogens with one attached hydrogen (secondary N) is 3. The second-order valence-corrected chi connectivity index (χ2v) is 12.6. The van der Waals surface area contributed by atoms with Crippen LogP contribution in [0.15, 0.2) is 47.3 Å². The van der Waals surface area contributed by atoms with Crippen LogP contribution in [0.2, 0.25) is 0 Å². The molecule has 1 heterocycles. The highest BCUT2D eigenvalue weighted by molar-refractivity contribution is 14.1. The molecule has 1 aliphatic rings. The van der Waals surface area contributed by atoms with Gasteiger partial charge in [-0.15, -0.1) is 0 Å². The number of alkyl carbamates (subject to hydrolysis) is 1. The van der Waals surface area contributed by atoms with Crippen LogP contribution in [-0.2, 0) is 20.7 Å². The highest BCUT2D eigenvalue weighted by atomic mass is 127. The number of fused-ring (bicyclic) bond motifs is 1. The van der Waals surface area contributed by atoms with Crippen molar-refractivity contribution in [2.24, 2.45) is 17.6 Å². The lowest BCUT2D eigenvalue weighted by Crippen LogP contribution is -2.52. The Morgan fingerprint density at radius 1 is 1.07 bits per heavy atom. The van der Waals surface area contributed by atoms with Crippen LogP contribution in [0.3, 0.4) is 0 Å². The largest absolute Gasteiger partial charge is 0.444 e. The Hall–Kier alpha value is -3.35. The number of amides is 3. The first-order chi connectivity index (χ1) is 18.9. The summed E-state index contributed by atoms with van der Waals surface area (Å²) in [6.07, 6.45) is 2.55. The number of aromatic nitrogens is 2.